The van der Waals surface area contributed by atoms with Gasteiger partial charge in [0.2, 0.25) is 5.91 Å². The Morgan fingerprint density at radius 2 is 1.61 bits per heavy atom. The average Bonchev–Trinajstić information content (AvgIpc) is 3.42. The molecule has 0 aliphatic rings. The fourth-order valence-electron chi connectivity index (χ4n) is 3.97. The summed E-state index contributed by atoms with van der Waals surface area (Å²) in [5, 5.41) is 17.0. The highest BCUT2D eigenvalue weighted by Gasteiger charge is 2.29. The van der Waals surface area contributed by atoms with E-state index in [1.807, 2.05) is 74.5 Å². The SMILES string of the molecule is CC(C)CC(NC(=O)[C@H](C)Oc1ccccc1)C(=O)NC(Cc1ccccc1)[C@H](O)CSCc1ccco1. The van der Waals surface area contributed by atoms with E-state index in [9.17, 15) is 14.7 Å². The number of furan rings is 1. The van der Waals surface area contributed by atoms with E-state index in [0.717, 1.165) is 11.3 Å². The van der Waals surface area contributed by atoms with Crippen molar-refractivity contribution in [3.63, 3.8) is 0 Å². The maximum atomic E-state index is 13.5. The molecule has 38 heavy (non-hydrogen) atoms. The second-order valence-corrected chi connectivity index (χ2v) is 10.8. The van der Waals surface area contributed by atoms with Crippen LogP contribution in [0.2, 0.25) is 0 Å². The maximum absolute atomic E-state index is 13.5. The summed E-state index contributed by atoms with van der Waals surface area (Å²) in [4.78, 5) is 26.4. The quantitative estimate of drug-likeness (QED) is 0.262. The molecule has 0 saturated carbocycles. The molecule has 2 amide bonds. The number of aliphatic hydroxyl groups excluding tert-OH is 1. The molecule has 0 spiro atoms. The summed E-state index contributed by atoms with van der Waals surface area (Å²) in [5.74, 6) is 1.93. The van der Waals surface area contributed by atoms with E-state index in [0.29, 0.717) is 30.1 Å². The molecule has 8 heteroatoms. The van der Waals surface area contributed by atoms with E-state index in [1.165, 1.54) is 11.8 Å². The Morgan fingerprint density at radius 1 is 0.921 bits per heavy atom. The van der Waals surface area contributed by atoms with Gasteiger partial charge in [-0.15, -0.1) is 0 Å². The molecule has 0 radical (unpaired) electrons. The van der Waals surface area contributed by atoms with E-state index in [4.69, 9.17) is 9.15 Å². The molecule has 2 unspecified atom stereocenters. The minimum atomic E-state index is -0.796. The Morgan fingerprint density at radius 3 is 2.24 bits per heavy atom. The second-order valence-electron chi connectivity index (χ2n) is 9.73. The molecule has 1 heterocycles. The molecule has 3 aromatic rings. The van der Waals surface area contributed by atoms with Gasteiger partial charge >= 0.3 is 0 Å². The van der Waals surface area contributed by atoms with Gasteiger partial charge in [0.25, 0.3) is 5.91 Å². The number of thioether (sulfide) groups is 1. The van der Waals surface area contributed by atoms with Crippen LogP contribution in [0.3, 0.4) is 0 Å². The summed E-state index contributed by atoms with van der Waals surface area (Å²) in [6.07, 6.45) is 0.972. The zero-order chi connectivity index (χ0) is 27.3. The van der Waals surface area contributed by atoms with Gasteiger partial charge in [0.1, 0.15) is 17.6 Å². The fourth-order valence-corrected chi connectivity index (χ4v) is 4.93. The third-order valence-electron chi connectivity index (χ3n) is 5.97. The van der Waals surface area contributed by atoms with Crippen molar-refractivity contribution in [2.75, 3.05) is 5.75 Å². The minimum Gasteiger partial charge on any atom is -0.481 e. The minimum absolute atomic E-state index is 0.165. The van der Waals surface area contributed by atoms with E-state index < -0.39 is 24.3 Å². The zero-order valence-corrected chi connectivity index (χ0v) is 23.0. The molecule has 7 nitrogen and oxygen atoms in total. The van der Waals surface area contributed by atoms with Crippen LogP contribution in [-0.4, -0.2) is 47.0 Å². The van der Waals surface area contributed by atoms with Crippen molar-refractivity contribution in [3.05, 3.63) is 90.4 Å². The summed E-state index contributed by atoms with van der Waals surface area (Å²) >= 11 is 1.54. The van der Waals surface area contributed by atoms with Gasteiger partial charge in [-0.2, -0.15) is 11.8 Å². The molecular weight excluding hydrogens is 500 g/mol. The summed E-state index contributed by atoms with van der Waals surface area (Å²) < 4.78 is 11.1. The Bertz CT molecular complexity index is 1090. The molecule has 3 N–H and O–H groups in total. The largest absolute Gasteiger partial charge is 0.481 e. The van der Waals surface area contributed by atoms with Gasteiger partial charge in [-0.05, 0) is 55.5 Å². The highest BCUT2D eigenvalue weighted by atomic mass is 32.2. The molecule has 3 rings (SSSR count). The Labute approximate surface area is 229 Å². The first-order valence-corrected chi connectivity index (χ1v) is 14.1. The first-order chi connectivity index (χ1) is 18.3. The zero-order valence-electron chi connectivity index (χ0n) is 22.2. The van der Waals surface area contributed by atoms with E-state index in [-0.39, 0.29) is 17.7 Å². The summed E-state index contributed by atoms with van der Waals surface area (Å²) in [7, 11) is 0. The van der Waals surface area contributed by atoms with Crippen LogP contribution in [0, 0.1) is 5.92 Å². The van der Waals surface area contributed by atoms with Crippen LogP contribution in [0.25, 0.3) is 0 Å². The normalized spacial score (nSPS) is 14.3. The van der Waals surface area contributed by atoms with E-state index in [1.54, 1.807) is 25.3 Å². The third-order valence-corrected chi connectivity index (χ3v) is 7.03. The summed E-state index contributed by atoms with van der Waals surface area (Å²) in [5.41, 5.74) is 1.00. The molecule has 0 bridgehead atoms. The molecule has 4 atom stereocenters. The monoisotopic (exact) mass is 538 g/mol. The van der Waals surface area contributed by atoms with Crippen LogP contribution in [0.5, 0.6) is 5.75 Å². The number of para-hydroxylation sites is 1. The number of carbonyl (C=O) groups is 2. The predicted molar refractivity (Wildman–Crippen MR) is 151 cm³/mol. The lowest BCUT2D eigenvalue weighted by Gasteiger charge is -2.28. The predicted octanol–water partition coefficient (Wildman–Crippen LogP) is 4.60. The van der Waals surface area contributed by atoms with Crippen LogP contribution in [0.15, 0.2) is 83.5 Å². The molecule has 0 aliphatic carbocycles. The van der Waals surface area contributed by atoms with Crippen LogP contribution < -0.4 is 15.4 Å². The highest BCUT2D eigenvalue weighted by Crippen LogP contribution is 2.17. The van der Waals surface area contributed by atoms with Crippen LogP contribution in [-0.2, 0) is 21.8 Å². The van der Waals surface area contributed by atoms with Crippen molar-refractivity contribution in [2.45, 2.75) is 63.7 Å². The third kappa shape index (κ3) is 9.91. The highest BCUT2D eigenvalue weighted by molar-refractivity contribution is 7.98. The van der Waals surface area contributed by atoms with Crippen molar-refractivity contribution in [2.24, 2.45) is 5.92 Å². The number of benzene rings is 2. The molecule has 0 aliphatic heterocycles. The first kappa shape index (κ1) is 29.3. The number of hydrogen-bond donors (Lipinski definition) is 3. The van der Waals surface area contributed by atoms with E-state index in [2.05, 4.69) is 10.6 Å². The van der Waals surface area contributed by atoms with Gasteiger partial charge < -0.3 is 24.9 Å². The standard InChI is InChI=1S/C30H38N2O5S/c1-21(2)17-27(32-29(34)22(3)37-24-13-8-5-9-14-24)30(35)31-26(18-23-11-6-4-7-12-23)28(33)20-38-19-25-15-10-16-36-25/h4-16,21-22,26-28,33H,17-20H2,1-3H3,(H,31,35)(H,32,34)/t22-,26?,27?,28+/m0/s1. The Balaban J connectivity index is 1.66. The second kappa shape index (κ2) is 15.2. The number of ether oxygens (including phenoxy) is 1. The fraction of sp³-hybridized carbons (Fsp3) is 0.400. The number of carbonyl (C=O) groups excluding carboxylic acids is 2. The van der Waals surface area contributed by atoms with Crippen LogP contribution >= 0.6 is 11.8 Å². The number of nitrogens with one attached hydrogen (secondary N) is 2. The van der Waals surface area contributed by atoms with Crippen molar-refractivity contribution >= 4 is 23.6 Å². The number of rotatable bonds is 15. The first-order valence-electron chi connectivity index (χ1n) is 13.0. The average molecular weight is 539 g/mol. The number of aliphatic hydroxyl groups is 1. The maximum Gasteiger partial charge on any atom is 0.261 e. The van der Waals surface area contributed by atoms with Gasteiger partial charge in [0, 0.05) is 5.75 Å². The lowest BCUT2D eigenvalue weighted by molar-refractivity contribution is -0.133. The number of amides is 2. The molecule has 0 fully saturated rings. The molecule has 1 aromatic heterocycles. The van der Waals surface area contributed by atoms with Gasteiger partial charge in [0.15, 0.2) is 6.10 Å². The van der Waals surface area contributed by atoms with Crippen LogP contribution in [0.1, 0.15) is 38.5 Å². The van der Waals surface area contributed by atoms with Crippen molar-refractivity contribution < 1.29 is 23.8 Å². The van der Waals surface area contributed by atoms with Crippen LogP contribution in [0.4, 0.5) is 0 Å². The van der Waals surface area contributed by atoms with Crippen molar-refractivity contribution in [1.29, 1.82) is 0 Å². The van der Waals surface area contributed by atoms with Crippen molar-refractivity contribution in [1.82, 2.24) is 10.6 Å². The lowest BCUT2D eigenvalue weighted by Crippen LogP contribution is -2.55. The molecule has 2 aromatic carbocycles. The molecular formula is C30H38N2O5S. The molecule has 0 saturated heterocycles. The van der Waals surface area contributed by atoms with Crippen molar-refractivity contribution in [3.8, 4) is 5.75 Å². The van der Waals surface area contributed by atoms with E-state index >= 15 is 0 Å². The van der Waals surface area contributed by atoms with Gasteiger partial charge in [-0.3, -0.25) is 9.59 Å². The topological polar surface area (TPSA) is 101 Å². The Kier molecular flexibility index (Phi) is 11.8. The molecule has 204 valence electrons. The summed E-state index contributed by atoms with van der Waals surface area (Å²) in [6, 6.07) is 21.3. The van der Waals surface area contributed by atoms with Gasteiger partial charge in [-0.1, -0.05) is 62.4 Å². The van der Waals surface area contributed by atoms with Gasteiger partial charge in [0.05, 0.1) is 24.2 Å². The number of hydrogen-bond acceptors (Lipinski definition) is 6. The summed E-state index contributed by atoms with van der Waals surface area (Å²) in [6.45, 7) is 5.65. The Hall–Kier alpha value is -3.23. The van der Waals surface area contributed by atoms with Gasteiger partial charge in [-0.25, -0.2) is 0 Å². The lowest BCUT2D eigenvalue weighted by atomic mass is 9.99. The smallest absolute Gasteiger partial charge is 0.261 e.